The molecule has 0 spiro atoms. The van der Waals surface area contributed by atoms with Crippen LogP contribution in [-0.4, -0.2) is 11.9 Å². The Labute approximate surface area is 301 Å². The van der Waals surface area contributed by atoms with E-state index < -0.39 is 0 Å². The minimum Gasteiger partial charge on any atom is -0.423 e. The summed E-state index contributed by atoms with van der Waals surface area (Å²) in [6, 6.07) is 27.8. The molecule has 0 unspecified atom stereocenters. The molecular formula is C46H58O4. The average molecular weight is 675 g/mol. The number of hydrogen-bond acceptors (Lipinski definition) is 4. The Bertz CT molecular complexity index is 1630. The quantitative estimate of drug-likeness (QED) is 0.145. The highest BCUT2D eigenvalue weighted by Gasteiger charge is 2.28. The van der Waals surface area contributed by atoms with Crippen LogP contribution in [0.5, 0.6) is 11.5 Å². The van der Waals surface area contributed by atoms with Crippen LogP contribution in [0.2, 0.25) is 0 Å². The number of ether oxygens (including phenoxy) is 2. The lowest BCUT2D eigenvalue weighted by Crippen LogP contribution is -2.22. The Morgan fingerprint density at radius 1 is 0.420 bits per heavy atom. The van der Waals surface area contributed by atoms with Crippen LogP contribution in [-0.2, 0) is 27.1 Å². The van der Waals surface area contributed by atoms with Crippen molar-refractivity contribution in [1.82, 2.24) is 0 Å². The number of rotatable bonds is 7. The van der Waals surface area contributed by atoms with E-state index in [9.17, 15) is 9.59 Å². The first-order valence-corrected chi connectivity index (χ1v) is 17.9. The molecule has 0 heterocycles. The molecule has 0 saturated heterocycles. The van der Waals surface area contributed by atoms with Gasteiger partial charge in [0.15, 0.2) is 0 Å². The molecule has 4 heteroatoms. The topological polar surface area (TPSA) is 52.6 Å². The molecule has 0 amide bonds. The van der Waals surface area contributed by atoms with E-state index in [4.69, 9.17) is 9.47 Å². The molecule has 0 aromatic heterocycles. The van der Waals surface area contributed by atoms with E-state index in [1.54, 1.807) is 0 Å². The summed E-state index contributed by atoms with van der Waals surface area (Å²) in [5, 5.41) is 0. The summed E-state index contributed by atoms with van der Waals surface area (Å²) in [5.41, 5.74) is 7.03. The van der Waals surface area contributed by atoms with Crippen molar-refractivity contribution in [1.29, 1.82) is 0 Å². The van der Waals surface area contributed by atoms with Gasteiger partial charge in [-0.3, -0.25) is 0 Å². The fraction of sp³-hybridized carbons (Fsp3) is 0.435. The fourth-order valence-corrected chi connectivity index (χ4v) is 5.91. The van der Waals surface area contributed by atoms with Crippen LogP contribution in [0.4, 0.5) is 0 Å². The number of hydrogen-bond donors (Lipinski definition) is 0. The minimum absolute atomic E-state index is 0.101. The van der Waals surface area contributed by atoms with Crippen LogP contribution in [0.1, 0.15) is 157 Å². The zero-order chi connectivity index (χ0) is 37.4. The van der Waals surface area contributed by atoms with Gasteiger partial charge in [-0.1, -0.05) is 133 Å². The maximum absolute atomic E-state index is 13.4. The van der Waals surface area contributed by atoms with Crippen LogP contribution in [0, 0.1) is 0 Å². The summed E-state index contributed by atoms with van der Waals surface area (Å²) in [6.45, 7) is 30.2. The third-order valence-electron chi connectivity index (χ3n) is 9.91. The van der Waals surface area contributed by atoms with Gasteiger partial charge in [-0.2, -0.15) is 0 Å². The summed E-state index contributed by atoms with van der Waals surface area (Å²) < 4.78 is 11.8. The van der Waals surface area contributed by atoms with Gasteiger partial charge in [-0.05, 0) is 110 Å². The van der Waals surface area contributed by atoms with Gasteiger partial charge in [0.25, 0.3) is 0 Å². The maximum Gasteiger partial charge on any atom is 0.343 e. The van der Waals surface area contributed by atoms with E-state index in [2.05, 4.69) is 109 Å². The zero-order valence-corrected chi connectivity index (χ0v) is 32.9. The van der Waals surface area contributed by atoms with Crippen molar-refractivity contribution < 1.29 is 19.1 Å². The predicted octanol–water partition coefficient (Wildman–Crippen LogP) is 12.0. The largest absolute Gasteiger partial charge is 0.423 e. The fourth-order valence-electron chi connectivity index (χ4n) is 5.91. The van der Waals surface area contributed by atoms with Crippen molar-refractivity contribution >= 4 is 11.9 Å². The first-order chi connectivity index (χ1) is 22.9. The second-order valence-electron chi connectivity index (χ2n) is 18.1. The molecule has 266 valence electrons. The molecule has 4 aromatic rings. The Hall–Kier alpha value is -4.18. The standard InChI is InChI=1S/C46H58O4/c1-15-46(14,32-16-20-38(21-17-32)49-40(47)30-24-34(42(2,3)4)28-35(25-30)43(5,6)7)33-18-22-39(23-19-33)50-41(48)31-26-36(44(8,9)10)29-37(27-31)45(11,12)13/h16-29H,15H2,1-14H3. The lowest BCUT2D eigenvalue weighted by atomic mass is 9.74. The normalized spacial score (nSPS) is 12.8. The smallest absolute Gasteiger partial charge is 0.343 e. The molecule has 0 bridgehead atoms. The van der Waals surface area contributed by atoms with Gasteiger partial charge in [0.05, 0.1) is 11.1 Å². The molecular weight excluding hydrogens is 617 g/mol. The Morgan fingerprint density at radius 2 is 0.680 bits per heavy atom. The van der Waals surface area contributed by atoms with Gasteiger partial charge in [0.1, 0.15) is 11.5 Å². The molecule has 0 aliphatic carbocycles. The van der Waals surface area contributed by atoms with Crippen LogP contribution in [0.25, 0.3) is 0 Å². The number of carbonyl (C=O) groups is 2. The number of esters is 2. The summed E-state index contributed by atoms with van der Waals surface area (Å²) >= 11 is 0. The molecule has 0 atom stereocenters. The van der Waals surface area contributed by atoms with Gasteiger partial charge < -0.3 is 9.47 Å². The zero-order valence-electron chi connectivity index (χ0n) is 32.9. The van der Waals surface area contributed by atoms with Crippen molar-refractivity contribution in [3.05, 3.63) is 129 Å². The van der Waals surface area contributed by atoms with Crippen LogP contribution < -0.4 is 9.47 Å². The van der Waals surface area contributed by atoms with Gasteiger partial charge >= 0.3 is 11.9 Å². The molecule has 0 aliphatic rings. The molecule has 0 aliphatic heterocycles. The molecule has 0 fully saturated rings. The van der Waals surface area contributed by atoms with E-state index in [0.717, 1.165) is 39.8 Å². The Balaban J connectivity index is 1.53. The Kier molecular flexibility index (Phi) is 10.7. The molecule has 4 nitrogen and oxygen atoms in total. The van der Waals surface area contributed by atoms with Gasteiger partial charge in [-0.15, -0.1) is 0 Å². The van der Waals surface area contributed by atoms with E-state index >= 15 is 0 Å². The lowest BCUT2D eigenvalue weighted by molar-refractivity contribution is 0.0724. The summed E-state index contributed by atoms with van der Waals surface area (Å²) in [4.78, 5) is 26.8. The Morgan fingerprint density at radius 3 is 0.900 bits per heavy atom. The van der Waals surface area contributed by atoms with Crippen molar-refractivity contribution in [2.24, 2.45) is 0 Å². The van der Waals surface area contributed by atoms with Gasteiger partial charge in [0.2, 0.25) is 0 Å². The van der Waals surface area contributed by atoms with Crippen molar-refractivity contribution in [2.75, 3.05) is 0 Å². The highest BCUT2D eigenvalue weighted by Crippen LogP contribution is 2.38. The highest BCUT2D eigenvalue weighted by atomic mass is 16.5. The molecule has 50 heavy (non-hydrogen) atoms. The molecule has 4 aromatic carbocycles. The predicted molar refractivity (Wildman–Crippen MR) is 207 cm³/mol. The number of carbonyl (C=O) groups excluding carboxylic acids is 2. The van der Waals surface area contributed by atoms with Gasteiger partial charge in [-0.25, -0.2) is 9.59 Å². The first kappa shape index (κ1) is 38.6. The molecule has 0 saturated carbocycles. The highest BCUT2D eigenvalue weighted by molar-refractivity contribution is 5.92. The molecule has 4 rings (SSSR count). The second kappa shape index (κ2) is 13.9. The van der Waals surface area contributed by atoms with Gasteiger partial charge in [0, 0.05) is 5.41 Å². The molecule has 0 N–H and O–H groups in total. The SMILES string of the molecule is CCC(C)(c1ccc(OC(=O)c2cc(C(C)(C)C)cc(C(C)(C)C)c2)cc1)c1ccc(OC(=O)c2cc(C(C)(C)C)cc(C(C)(C)C)c2)cc1. The lowest BCUT2D eigenvalue weighted by Gasteiger charge is -2.30. The van der Waals surface area contributed by atoms with Crippen LogP contribution in [0.3, 0.4) is 0 Å². The third-order valence-corrected chi connectivity index (χ3v) is 9.91. The summed E-state index contributed by atoms with van der Waals surface area (Å²) in [7, 11) is 0. The first-order valence-electron chi connectivity index (χ1n) is 17.9. The van der Waals surface area contributed by atoms with E-state index in [-0.39, 0.29) is 39.0 Å². The van der Waals surface area contributed by atoms with Crippen LogP contribution in [0.15, 0.2) is 84.9 Å². The summed E-state index contributed by atoms with van der Waals surface area (Å²) in [6.07, 6.45) is 0.843. The molecule has 0 radical (unpaired) electrons. The average Bonchev–Trinajstić information content (AvgIpc) is 3.03. The number of benzene rings is 4. The monoisotopic (exact) mass is 674 g/mol. The van der Waals surface area contributed by atoms with Crippen LogP contribution >= 0.6 is 0 Å². The summed E-state index contributed by atoms with van der Waals surface area (Å²) in [5.74, 6) is 0.279. The van der Waals surface area contributed by atoms with Crippen molar-refractivity contribution in [2.45, 2.75) is 130 Å². The van der Waals surface area contributed by atoms with Crippen molar-refractivity contribution in [3.8, 4) is 11.5 Å². The van der Waals surface area contributed by atoms with E-state index in [1.165, 1.54) is 0 Å². The third kappa shape index (κ3) is 8.94. The van der Waals surface area contributed by atoms with E-state index in [0.29, 0.717) is 22.6 Å². The van der Waals surface area contributed by atoms with Crippen molar-refractivity contribution in [3.63, 3.8) is 0 Å². The minimum atomic E-state index is -0.363. The maximum atomic E-state index is 13.4. The second-order valence-corrected chi connectivity index (χ2v) is 18.1. The van der Waals surface area contributed by atoms with E-state index in [1.807, 2.05) is 72.8 Å².